The van der Waals surface area contributed by atoms with Gasteiger partial charge in [-0.1, -0.05) is 12.1 Å². The van der Waals surface area contributed by atoms with Gasteiger partial charge < -0.3 is 20.1 Å². The summed E-state index contributed by atoms with van der Waals surface area (Å²) in [6, 6.07) is 9.13. The third kappa shape index (κ3) is 6.95. The summed E-state index contributed by atoms with van der Waals surface area (Å²) in [4.78, 5) is 35.3. The molecule has 0 aliphatic heterocycles. The summed E-state index contributed by atoms with van der Waals surface area (Å²) < 4.78 is 49.7. The number of carbonyl (C=O) groups excluding carboxylic acids is 3. The van der Waals surface area contributed by atoms with Gasteiger partial charge in [0, 0.05) is 6.04 Å². The van der Waals surface area contributed by atoms with Crippen LogP contribution in [0.5, 0.6) is 11.5 Å². The van der Waals surface area contributed by atoms with Crippen molar-refractivity contribution in [2.24, 2.45) is 5.10 Å². The topological polar surface area (TPSA) is 118 Å². The van der Waals surface area contributed by atoms with Gasteiger partial charge in [-0.3, -0.25) is 14.4 Å². The standard InChI is InChI=1S/C22H21F3N4O5/c1-33-18-10-13(11-26-29-21(32)20(31)27-14-7-8-14)6-9-17(18)34-12-19(30)28-16-5-3-2-4-15(16)22(23,24)25/h2-6,9-11,14H,7-8,12H2,1H3,(H,27,31)(H,28,30)(H,29,32)/b26-11-. The fourth-order valence-electron chi connectivity index (χ4n) is 2.75. The SMILES string of the molecule is COc1cc(/C=N\NC(=O)C(=O)NC2CC2)ccc1OCC(=O)Nc1ccccc1C(F)(F)F. The number of hydrogen-bond acceptors (Lipinski definition) is 6. The summed E-state index contributed by atoms with van der Waals surface area (Å²) in [5, 5.41) is 8.41. The lowest BCUT2D eigenvalue weighted by Crippen LogP contribution is -2.38. The Balaban J connectivity index is 1.56. The van der Waals surface area contributed by atoms with Gasteiger partial charge in [0.2, 0.25) is 0 Å². The van der Waals surface area contributed by atoms with Crippen LogP contribution in [-0.4, -0.2) is 43.7 Å². The van der Waals surface area contributed by atoms with E-state index < -0.39 is 36.1 Å². The van der Waals surface area contributed by atoms with E-state index in [2.05, 4.69) is 21.2 Å². The molecule has 180 valence electrons. The van der Waals surface area contributed by atoms with Crippen LogP contribution in [0.3, 0.4) is 0 Å². The fourth-order valence-corrected chi connectivity index (χ4v) is 2.75. The number of para-hydroxylation sites is 1. The van der Waals surface area contributed by atoms with Gasteiger partial charge in [-0.2, -0.15) is 18.3 Å². The second-order valence-electron chi connectivity index (χ2n) is 7.24. The highest BCUT2D eigenvalue weighted by molar-refractivity contribution is 6.35. The van der Waals surface area contributed by atoms with Crippen molar-refractivity contribution in [3.05, 3.63) is 53.6 Å². The van der Waals surface area contributed by atoms with Gasteiger partial charge in [-0.05, 0) is 48.7 Å². The first-order chi connectivity index (χ1) is 16.2. The third-order valence-corrected chi connectivity index (χ3v) is 4.55. The minimum Gasteiger partial charge on any atom is -0.493 e. The van der Waals surface area contributed by atoms with Crippen LogP contribution in [0.2, 0.25) is 0 Å². The number of alkyl halides is 3. The van der Waals surface area contributed by atoms with Crippen molar-refractivity contribution in [2.45, 2.75) is 25.1 Å². The molecule has 3 N–H and O–H groups in total. The van der Waals surface area contributed by atoms with Crippen LogP contribution < -0.4 is 25.5 Å². The highest BCUT2D eigenvalue weighted by atomic mass is 19.4. The number of halogens is 3. The highest BCUT2D eigenvalue weighted by Crippen LogP contribution is 2.34. The Morgan fingerprint density at radius 2 is 1.82 bits per heavy atom. The maximum absolute atomic E-state index is 13.1. The molecule has 0 heterocycles. The number of carbonyl (C=O) groups is 3. The Morgan fingerprint density at radius 3 is 2.50 bits per heavy atom. The molecule has 0 bridgehead atoms. The molecule has 1 aliphatic carbocycles. The fraction of sp³-hybridized carbons (Fsp3) is 0.273. The second-order valence-corrected chi connectivity index (χ2v) is 7.24. The van der Waals surface area contributed by atoms with Crippen LogP contribution in [0, 0.1) is 0 Å². The number of methoxy groups -OCH3 is 1. The normalized spacial score (nSPS) is 13.3. The van der Waals surface area contributed by atoms with Crippen LogP contribution in [0.25, 0.3) is 0 Å². The van der Waals surface area contributed by atoms with E-state index >= 15 is 0 Å². The summed E-state index contributed by atoms with van der Waals surface area (Å²) in [5.41, 5.74) is 1.24. The van der Waals surface area contributed by atoms with Crippen molar-refractivity contribution < 1.29 is 37.0 Å². The lowest BCUT2D eigenvalue weighted by molar-refractivity contribution is -0.139. The first-order valence-electron chi connectivity index (χ1n) is 10.1. The minimum absolute atomic E-state index is 0.0421. The molecule has 0 aromatic heterocycles. The lowest BCUT2D eigenvalue weighted by Gasteiger charge is -2.14. The predicted octanol–water partition coefficient (Wildman–Crippen LogP) is 2.46. The molecular weight excluding hydrogens is 457 g/mol. The molecule has 0 radical (unpaired) electrons. The highest BCUT2D eigenvalue weighted by Gasteiger charge is 2.33. The van der Waals surface area contributed by atoms with Crippen molar-refractivity contribution in [3.63, 3.8) is 0 Å². The van der Waals surface area contributed by atoms with Crippen LogP contribution in [0.15, 0.2) is 47.6 Å². The van der Waals surface area contributed by atoms with Gasteiger partial charge in [0.05, 0.1) is 24.6 Å². The van der Waals surface area contributed by atoms with Gasteiger partial charge in [-0.15, -0.1) is 0 Å². The number of ether oxygens (including phenoxy) is 2. The molecular formula is C22H21F3N4O5. The van der Waals surface area contributed by atoms with E-state index in [1.54, 1.807) is 0 Å². The number of rotatable bonds is 8. The van der Waals surface area contributed by atoms with E-state index in [0.717, 1.165) is 25.0 Å². The molecule has 2 aromatic carbocycles. The van der Waals surface area contributed by atoms with E-state index in [0.29, 0.717) is 5.56 Å². The Labute approximate surface area is 192 Å². The molecule has 0 atom stereocenters. The molecule has 2 aromatic rings. The van der Waals surface area contributed by atoms with Gasteiger partial charge in [0.1, 0.15) is 0 Å². The summed E-state index contributed by atoms with van der Waals surface area (Å²) in [5.74, 6) is -2.08. The molecule has 1 saturated carbocycles. The average molecular weight is 478 g/mol. The molecule has 0 unspecified atom stereocenters. The summed E-state index contributed by atoms with van der Waals surface area (Å²) in [6.07, 6.45) is -1.65. The smallest absolute Gasteiger partial charge is 0.418 e. The molecule has 1 aliphatic rings. The summed E-state index contributed by atoms with van der Waals surface area (Å²) in [7, 11) is 1.35. The van der Waals surface area contributed by atoms with Gasteiger partial charge in [0.15, 0.2) is 18.1 Å². The zero-order valence-electron chi connectivity index (χ0n) is 17.9. The Hall–Kier alpha value is -4.09. The molecule has 3 amide bonds. The summed E-state index contributed by atoms with van der Waals surface area (Å²) in [6.45, 7) is -0.567. The molecule has 1 fully saturated rings. The van der Waals surface area contributed by atoms with E-state index in [4.69, 9.17) is 9.47 Å². The third-order valence-electron chi connectivity index (χ3n) is 4.55. The van der Waals surface area contributed by atoms with Crippen molar-refractivity contribution in [1.82, 2.24) is 10.7 Å². The largest absolute Gasteiger partial charge is 0.493 e. The van der Waals surface area contributed by atoms with Crippen LogP contribution in [-0.2, 0) is 20.6 Å². The molecule has 12 heteroatoms. The Morgan fingerprint density at radius 1 is 1.09 bits per heavy atom. The van der Waals surface area contributed by atoms with Gasteiger partial charge in [0.25, 0.3) is 5.91 Å². The van der Waals surface area contributed by atoms with E-state index in [1.165, 1.54) is 43.7 Å². The quantitative estimate of drug-likeness (QED) is 0.306. The molecule has 9 nitrogen and oxygen atoms in total. The van der Waals surface area contributed by atoms with Crippen LogP contribution >= 0.6 is 0 Å². The van der Waals surface area contributed by atoms with Crippen molar-refractivity contribution in [1.29, 1.82) is 0 Å². The first-order valence-corrected chi connectivity index (χ1v) is 10.1. The van der Waals surface area contributed by atoms with Gasteiger partial charge in [-0.25, -0.2) is 5.43 Å². The maximum atomic E-state index is 13.1. The second kappa shape index (κ2) is 10.7. The zero-order chi connectivity index (χ0) is 24.7. The van der Waals surface area contributed by atoms with Crippen molar-refractivity contribution >= 4 is 29.6 Å². The predicted molar refractivity (Wildman–Crippen MR) is 115 cm³/mol. The maximum Gasteiger partial charge on any atom is 0.418 e. The molecule has 34 heavy (non-hydrogen) atoms. The van der Waals surface area contributed by atoms with Crippen LogP contribution in [0.4, 0.5) is 18.9 Å². The number of hydrazone groups is 1. The van der Waals surface area contributed by atoms with Crippen molar-refractivity contribution in [3.8, 4) is 11.5 Å². The Kier molecular flexibility index (Phi) is 7.71. The van der Waals surface area contributed by atoms with Crippen LogP contribution in [0.1, 0.15) is 24.0 Å². The number of amides is 3. The lowest BCUT2D eigenvalue weighted by atomic mass is 10.1. The zero-order valence-corrected chi connectivity index (χ0v) is 17.9. The van der Waals surface area contributed by atoms with Crippen molar-refractivity contribution in [2.75, 3.05) is 19.0 Å². The number of nitrogens with one attached hydrogen (secondary N) is 3. The first kappa shape index (κ1) is 24.6. The molecule has 0 spiro atoms. The van der Waals surface area contributed by atoms with E-state index in [9.17, 15) is 27.6 Å². The minimum atomic E-state index is -4.62. The Bertz CT molecular complexity index is 1100. The summed E-state index contributed by atoms with van der Waals surface area (Å²) >= 11 is 0. The number of benzene rings is 2. The molecule has 0 saturated heterocycles. The monoisotopic (exact) mass is 478 g/mol. The number of anilines is 1. The number of nitrogens with zero attached hydrogens (tertiary/aromatic N) is 1. The van der Waals surface area contributed by atoms with E-state index in [1.807, 2.05) is 0 Å². The number of hydrogen-bond donors (Lipinski definition) is 3. The van der Waals surface area contributed by atoms with E-state index in [-0.39, 0.29) is 23.2 Å². The van der Waals surface area contributed by atoms with Gasteiger partial charge >= 0.3 is 18.0 Å². The molecule has 3 rings (SSSR count). The average Bonchev–Trinajstić information content (AvgIpc) is 3.61.